The zero-order chi connectivity index (χ0) is 17.5. The minimum atomic E-state index is 0.765. The van der Waals surface area contributed by atoms with Gasteiger partial charge in [0.1, 0.15) is 12.1 Å². The van der Waals surface area contributed by atoms with E-state index >= 15 is 0 Å². The molecule has 3 aromatic heterocycles. The van der Waals surface area contributed by atoms with Crippen LogP contribution in [0.2, 0.25) is 0 Å². The first kappa shape index (κ1) is 15.5. The fourth-order valence-electron chi connectivity index (χ4n) is 3.46. The Balaban J connectivity index is 1.39. The second-order valence-corrected chi connectivity index (χ2v) is 7.12. The number of piperazine rings is 1. The Morgan fingerprint density at radius 3 is 2.65 bits per heavy atom. The number of pyridine rings is 1. The molecular formula is C18H16BrN7. The van der Waals surface area contributed by atoms with E-state index in [0.717, 1.165) is 47.6 Å². The van der Waals surface area contributed by atoms with E-state index in [1.54, 1.807) is 10.8 Å². The number of rotatable bonds is 2. The molecule has 8 heteroatoms. The minimum absolute atomic E-state index is 0.765. The number of para-hydroxylation sites is 1. The van der Waals surface area contributed by atoms with Crippen LogP contribution in [0.25, 0.3) is 16.6 Å². The van der Waals surface area contributed by atoms with Gasteiger partial charge < -0.3 is 9.80 Å². The highest BCUT2D eigenvalue weighted by atomic mass is 79.9. The van der Waals surface area contributed by atoms with Crippen molar-refractivity contribution in [2.75, 3.05) is 36.0 Å². The first-order valence-corrected chi connectivity index (χ1v) is 9.29. The average Bonchev–Trinajstić information content (AvgIpc) is 3.16. The van der Waals surface area contributed by atoms with Gasteiger partial charge in [0.2, 0.25) is 0 Å². The number of halogens is 1. The molecule has 4 heterocycles. The summed E-state index contributed by atoms with van der Waals surface area (Å²) in [6.07, 6.45) is 3.52. The molecule has 1 saturated heterocycles. The van der Waals surface area contributed by atoms with Crippen molar-refractivity contribution in [2.45, 2.75) is 0 Å². The van der Waals surface area contributed by atoms with Crippen LogP contribution >= 0.6 is 15.9 Å². The Bertz CT molecular complexity index is 1090. The van der Waals surface area contributed by atoms with Crippen LogP contribution < -0.4 is 9.80 Å². The maximum absolute atomic E-state index is 4.60. The highest BCUT2D eigenvalue weighted by Crippen LogP contribution is 2.30. The monoisotopic (exact) mass is 409 g/mol. The van der Waals surface area contributed by atoms with Crippen molar-refractivity contribution in [3.8, 4) is 0 Å². The summed E-state index contributed by atoms with van der Waals surface area (Å²) in [6, 6.07) is 12.3. The summed E-state index contributed by atoms with van der Waals surface area (Å²) in [4.78, 5) is 9.24. The van der Waals surface area contributed by atoms with Crippen LogP contribution in [0, 0.1) is 0 Å². The summed E-state index contributed by atoms with van der Waals surface area (Å²) in [5, 5.41) is 13.7. The maximum atomic E-state index is 4.60. The first-order valence-electron chi connectivity index (χ1n) is 8.50. The number of aromatic nitrogens is 5. The van der Waals surface area contributed by atoms with Crippen LogP contribution in [0.3, 0.4) is 0 Å². The molecule has 0 amide bonds. The molecule has 0 N–H and O–H groups in total. The van der Waals surface area contributed by atoms with Crippen molar-refractivity contribution in [3.05, 3.63) is 53.4 Å². The predicted octanol–water partition coefficient (Wildman–Crippen LogP) is 2.76. The van der Waals surface area contributed by atoms with Crippen molar-refractivity contribution in [1.29, 1.82) is 0 Å². The number of nitrogens with zero attached hydrogens (tertiary/aromatic N) is 7. The van der Waals surface area contributed by atoms with Crippen molar-refractivity contribution in [3.63, 3.8) is 0 Å². The summed E-state index contributed by atoms with van der Waals surface area (Å²) < 4.78 is 2.75. The van der Waals surface area contributed by atoms with Crippen molar-refractivity contribution in [1.82, 2.24) is 24.8 Å². The van der Waals surface area contributed by atoms with Gasteiger partial charge in [0.15, 0.2) is 5.65 Å². The van der Waals surface area contributed by atoms with Crippen LogP contribution in [0.15, 0.2) is 53.4 Å². The molecule has 0 aliphatic carbocycles. The Kier molecular flexibility index (Phi) is 3.70. The van der Waals surface area contributed by atoms with Gasteiger partial charge in [-0.15, -0.1) is 15.3 Å². The smallest absolute Gasteiger partial charge is 0.177 e. The van der Waals surface area contributed by atoms with E-state index in [-0.39, 0.29) is 0 Å². The highest BCUT2D eigenvalue weighted by molar-refractivity contribution is 9.10. The molecule has 1 aliphatic rings. The summed E-state index contributed by atoms with van der Waals surface area (Å²) in [5.74, 6) is 0.958. The van der Waals surface area contributed by atoms with Gasteiger partial charge in [0.05, 0.1) is 5.52 Å². The van der Waals surface area contributed by atoms with Gasteiger partial charge >= 0.3 is 0 Å². The number of benzene rings is 1. The molecule has 5 rings (SSSR count). The molecule has 0 spiro atoms. The zero-order valence-electron chi connectivity index (χ0n) is 14.0. The SMILES string of the molecule is Brc1cccc2c(N3CCN(c4ccc5nncn5n4)CC3)ccnc12. The standard InChI is InChI=1S/C18H16BrN7/c19-14-3-1-2-13-15(6-7-20-18(13)14)24-8-10-25(11-9-24)17-5-4-16-22-21-12-26(16)23-17/h1-7,12H,8-11H2. The van der Waals surface area contributed by atoms with E-state index in [9.17, 15) is 0 Å². The third kappa shape index (κ3) is 2.57. The molecule has 4 aromatic rings. The Morgan fingerprint density at radius 1 is 0.923 bits per heavy atom. The van der Waals surface area contributed by atoms with Crippen LogP contribution in [-0.4, -0.2) is 51.0 Å². The van der Waals surface area contributed by atoms with Crippen molar-refractivity contribution < 1.29 is 0 Å². The molecule has 0 bridgehead atoms. The molecule has 0 unspecified atom stereocenters. The first-order chi connectivity index (χ1) is 12.8. The summed E-state index contributed by atoms with van der Waals surface area (Å²) >= 11 is 3.60. The van der Waals surface area contributed by atoms with E-state index in [0.29, 0.717) is 0 Å². The lowest BCUT2D eigenvalue weighted by Crippen LogP contribution is -2.47. The number of hydrogen-bond donors (Lipinski definition) is 0. The van der Waals surface area contributed by atoms with Crippen LogP contribution in [0.4, 0.5) is 11.5 Å². The molecule has 7 nitrogen and oxygen atoms in total. The third-order valence-corrected chi connectivity index (χ3v) is 5.43. The Hall–Kier alpha value is -2.74. The molecule has 26 heavy (non-hydrogen) atoms. The number of fused-ring (bicyclic) bond motifs is 2. The van der Waals surface area contributed by atoms with Gasteiger partial charge in [-0.1, -0.05) is 12.1 Å². The lowest BCUT2D eigenvalue weighted by molar-refractivity contribution is 0.643. The lowest BCUT2D eigenvalue weighted by Gasteiger charge is -2.37. The Morgan fingerprint density at radius 2 is 1.77 bits per heavy atom. The second kappa shape index (κ2) is 6.21. The predicted molar refractivity (Wildman–Crippen MR) is 105 cm³/mol. The van der Waals surface area contributed by atoms with Gasteiger partial charge in [-0.25, -0.2) is 0 Å². The van der Waals surface area contributed by atoms with Gasteiger partial charge in [-0.3, -0.25) is 4.98 Å². The summed E-state index contributed by atoms with van der Waals surface area (Å²) in [7, 11) is 0. The molecule has 0 atom stereocenters. The topological polar surface area (TPSA) is 62.5 Å². The van der Waals surface area contributed by atoms with E-state index in [1.165, 1.54) is 11.1 Å². The molecule has 1 aliphatic heterocycles. The zero-order valence-corrected chi connectivity index (χ0v) is 15.5. The fourth-order valence-corrected chi connectivity index (χ4v) is 3.93. The average molecular weight is 410 g/mol. The van der Waals surface area contributed by atoms with Crippen LogP contribution in [0.5, 0.6) is 0 Å². The minimum Gasteiger partial charge on any atom is -0.367 e. The van der Waals surface area contributed by atoms with Crippen LogP contribution in [-0.2, 0) is 0 Å². The van der Waals surface area contributed by atoms with E-state index in [2.05, 4.69) is 64.2 Å². The molecule has 130 valence electrons. The second-order valence-electron chi connectivity index (χ2n) is 6.27. The lowest BCUT2D eigenvalue weighted by atomic mass is 10.1. The van der Waals surface area contributed by atoms with Gasteiger partial charge in [-0.2, -0.15) is 4.52 Å². The maximum Gasteiger partial charge on any atom is 0.177 e. The number of anilines is 2. The summed E-state index contributed by atoms with van der Waals surface area (Å²) in [6.45, 7) is 3.71. The van der Waals surface area contributed by atoms with Crippen molar-refractivity contribution >= 4 is 44.0 Å². The van der Waals surface area contributed by atoms with Crippen LogP contribution in [0.1, 0.15) is 0 Å². The fraction of sp³-hybridized carbons (Fsp3) is 0.222. The van der Waals surface area contributed by atoms with E-state index < -0.39 is 0 Å². The highest BCUT2D eigenvalue weighted by Gasteiger charge is 2.20. The molecule has 0 saturated carbocycles. The van der Waals surface area contributed by atoms with E-state index in [4.69, 9.17) is 0 Å². The quantitative estimate of drug-likeness (QED) is 0.507. The largest absolute Gasteiger partial charge is 0.367 e. The Labute approximate surface area is 158 Å². The normalized spacial score (nSPS) is 15.1. The molecule has 1 aromatic carbocycles. The third-order valence-electron chi connectivity index (χ3n) is 4.79. The summed E-state index contributed by atoms with van der Waals surface area (Å²) in [5.41, 5.74) is 3.01. The molecule has 0 radical (unpaired) electrons. The van der Waals surface area contributed by atoms with Gasteiger partial charge in [0.25, 0.3) is 0 Å². The van der Waals surface area contributed by atoms with E-state index in [1.807, 2.05) is 24.4 Å². The van der Waals surface area contributed by atoms with Gasteiger partial charge in [0, 0.05) is 47.9 Å². The molecule has 1 fully saturated rings. The molecular weight excluding hydrogens is 394 g/mol. The van der Waals surface area contributed by atoms with Gasteiger partial charge in [-0.05, 0) is 40.2 Å². The number of hydrogen-bond acceptors (Lipinski definition) is 6. The van der Waals surface area contributed by atoms with Crippen molar-refractivity contribution in [2.24, 2.45) is 0 Å².